The number of nitrogens with one attached hydrogen (secondary N) is 1. The summed E-state index contributed by atoms with van der Waals surface area (Å²) in [5.74, 6) is -3.44. The highest BCUT2D eigenvalue weighted by molar-refractivity contribution is 5.97. The normalized spacial score (nSPS) is 13.1. The molecule has 0 radical (unpaired) electrons. The van der Waals surface area contributed by atoms with Gasteiger partial charge in [0.05, 0.1) is 23.7 Å². The van der Waals surface area contributed by atoms with E-state index in [0.717, 1.165) is 5.56 Å². The average molecular weight is 508 g/mol. The van der Waals surface area contributed by atoms with E-state index in [1.807, 2.05) is 18.2 Å². The molecule has 0 spiro atoms. The summed E-state index contributed by atoms with van der Waals surface area (Å²) in [7, 11) is 0. The predicted octanol–water partition coefficient (Wildman–Crippen LogP) is 5.85. The SMILES string of the molecule is Cc1nn(CC(F)(F)COCc2ccccc2)c(-c2ccc(F)cc2)c1-c1ccc2c(c1)NC(=O)CO2. The molecule has 5 rings (SSSR count). The Morgan fingerprint density at radius 3 is 2.54 bits per heavy atom. The zero-order valence-electron chi connectivity index (χ0n) is 20.0. The Morgan fingerprint density at radius 1 is 1.05 bits per heavy atom. The molecule has 0 saturated heterocycles. The lowest BCUT2D eigenvalue weighted by Crippen LogP contribution is -2.30. The van der Waals surface area contributed by atoms with E-state index in [2.05, 4.69) is 10.4 Å². The van der Waals surface area contributed by atoms with Crippen LogP contribution in [-0.4, -0.2) is 34.8 Å². The van der Waals surface area contributed by atoms with Crippen molar-refractivity contribution in [2.45, 2.75) is 26.0 Å². The van der Waals surface area contributed by atoms with Crippen LogP contribution < -0.4 is 10.1 Å². The molecule has 1 amide bonds. The van der Waals surface area contributed by atoms with Crippen molar-refractivity contribution >= 4 is 11.6 Å². The monoisotopic (exact) mass is 507 g/mol. The fourth-order valence-electron chi connectivity index (χ4n) is 4.34. The van der Waals surface area contributed by atoms with E-state index in [-0.39, 0.29) is 19.1 Å². The van der Waals surface area contributed by atoms with Gasteiger partial charge in [-0.1, -0.05) is 36.4 Å². The molecule has 37 heavy (non-hydrogen) atoms. The van der Waals surface area contributed by atoms with Gasteiger partial charge in [0.25, 0.3) is 11.8 Å². The third-order valence-electron chi connectivity index (χ3n) is 5.95. The Bertz CT molecular complexity index is 1420. The Balaban J connectivity index is 1.48. The minimum absolute atomic E-state index is 0.0630. The van der Waals surface area contributed by atoms with Crippen LogP contribution in [0, 0.1) is 12.7 Å². The quantitative estimate of drug-likeness (QED) is 0.325. The van der Waals surface area contributed by atoms with Crippen LogP contribution in [0.1, 0.15) is 11.3 Å². The predicted molar refractivity (Wildman–Crippen MR) is 133 cm³/mol. The largest absolute Gasteiger partial charge is 0.482 e. The Kier molecular flexibility index (Phi) is 6.71. The van der Waals surface area contributed by atoms with E-state index in [4.69, 9.17) is 9.47 Å². The molecule has 6 nitrogen and oxygen atoms in total. The number of fused-ring (bicyclic) bond motifs is 1. The van der Waals surface area contributed by atoms with Gasteiger partial charge >= 0.3 is 0 Å². The molecule has 1 aliphatic rings. The molecule has 0 bridgehead atoms. The number of halogens is 3. The van der Waals surface area contributed by atoms with Crippen molar-refractivity contribution in [2.75, 3.05) is 18.5 Å². The van der Waals surface area contributed by atoms with Crippen LogP contribution in [0.2, 0.25) is 0 Å². The number of hydrogen-bond acceptors (Lipinski definition) is 4. The third-order valence-corrected chi connectivity index (χ3v) is 5.95. The molecule has 2 heterocycles. The van der Waals surface area contributed by atoms with Gasteiger partial charge in [0.2, 0.25) is 0 Å². The Morgan fingerprint density at radius 2 is 1.78 bits per heavy atom. The number of nitrogens with zero attached hydrogens (tertiary/aromatic N) is 2. The zero-order valence-corrected chi connectivity index (χ0v) is 20.0. The van der Waals surface area contributed by atoms with Crippen molar-refractivity contribution in [2.24, 2.45) is 0 Å². The van der Waals surface area contributed by atoms with Crippen LogP contribution >= 0.6 is 0 Å². The molecule has 0 saturated carbocycles. The standard InChI is InChI=1S/C28H24F3N3O3/c1-18-26(21-9-12-24-23(13-21)32-25(35)15-37-24)27(20-7-10-22(29)11-8-20)34(33-18)16-28(30,31)17-36-14-19-5-3-2-4-6-19/h2-13H,14-17H2,1H3,(H,32,35). The third kappa shape index (κ3) is 5.51. The first-order chi connectivity index (χ1) is 17.8. The number of alkyl halides is 2. The molecule has 4 aromatic rings. The van der Waals surface area contributed by atoms with Crippen LogP contribution in [-0.2, 0) is 22.7 Å². The summed E-state index contributed by atoms with van der Waals surface area (Å²) in [5.41, 5.74) is 3.95. The van der Waals surface area contributed by atoms with Gasteiger partial charge in [-0.15, -0.1) is 0 Å². The fourth-order valence-corrected chi connectivity index (χ4v) is 4.34. The summed E-state index contributed by atoms with van der Waals surface area (Å²) in [6.45, 7) is 0.178. The van der Waals surface area contributed by atoms with Crippen LogP contribution in [0.25, 0.3) is 22.4 Å². The maximum Gasteiger partial charge on any atom is 0.290 e. The van der Waals surface area contributed by atoms with Gasteiger partial charge in [0.15, 0.2) is 6.61 Å². The number of aryl methyl sites for hydroxylation is 1. The number of ether oxygens (including phenoxy) is 2. The van der Waals surface area contributed by atoms with Crippen LogP contribution in [0.3, 0.4) is 0 Å². The summed E-state index contributed by atoms with van der Waals surface area (Å²) < 4.78 is 55.8. The van der Waals surface area contributed by atoms with Gasteiger partial charge < -0.3 is 14.8 Å². The smallest absolute Gasteiger partial charge is 0.290 e. The number of anilines is 1. The zero-order chi connectivity index (χ0) is 26.0. The Labute approximate surface area is 211 Å². The molecule has 1 N–H and O–H groups in total. The topological polar surface area (TPSA) is 65.4 Å². The maximum atomic E-state index is 15.1. The number of amides is 1. The van der Waals surface area contributed by atoms with Gasteiger partial charge in [0.1, 0.15) is 24.7 Å². The molecule has 9 heteroatoms. The van der Waals surface area contributed by atoms with Crippen molar-refractivity contribution < 1.29 is 27.4 Å². The van der Waals surface area contributed by atoms with Gasteiger partial charge in [-0.25, -0.2) is 13.2 Å². The molecular formula is C28H24F3N3O3. The molecule has 1 aliphatic heterocycles. The number of hydrogen-bond donors (Lipinski definition) is 1. The molecule has 0 fully saturated rings. The lowest BCUT2D eigenvalue weighted by Gasteiger charge is -2.20. The highest BCUT2D eigenvalue weighted by atomic mass is 19.3. The van der Waals surface area contributed by atoms with Gasteiger partial charge in [-0.05, 0) is 54.4 Å². The molecule has 1 aromatic heterocycles. The number of benzene rings is 3. The lowest BCUT2D eigenvalue weighted by atomic mass is 9.98. The van der Waals surface area contributed by atoms with Crippen molar-refractivity contribution in [3.8, 4) is 28.1 Å². The van der Waals surface area contributed by atoms with E-state index < -0.39 is 24.9 Å². The highest BCUT2D eigenvalue weighted by Crippen LogP contribution is 2.40. The minimum Gasteiger partial charge on any atom is -0.482 e. The van der Waals surface area contributed by atoms with Crippen LogP contribution in [0.15, 0.2) is 72.8 Å². The highest BCUT2D eigenvalue weighted by Gasteiger charge is 2.33. The molecule has 3 aromatic carbocycles. The first-order valence-corrected chi connectivity index (χ1v) is 11.7. The number of rotatable bonds is 8. The second kappa shape index (κ2) is 10.1. The fraction of sp³-hybridized carbons (Fsp3) is 0.214. The molecular weight excluding hydrogens is 483 g/mol. The summed E-state index contributed by atoms with van der Waals surface area (Å²) >= 11 is 0. The van der Waals surface area contributed by atoms with Crippen molar-refractivity contribution in [1.29, 1.82) is 0 Å². The van der Waals surface area contributed by atoms with Crippen molar-refractivity contribution in [3.63, 3.8) is 0 Å². The molecule has 0 unspecified atom stereocenters. The van der Waals surface area contributed by atoms with E-state index in [0.29, 0.717) is 39.5 Å². The lowest BCUT2D eigenvalue weighted by molar-refractivity contribution is -0.118. The number of aromatic nitrogens is 2. The first-order valence-electron chi connectivity index (χ1n) is 11.7. The molecule has 0 atom stereocenters. The van der Waals surface area contributed by atoms with Gasteiger partial charge in [0, 0.05) is 11.1 Å². The summed E-state index contributed by atoms with van der Waals surface area (Å²) in [6.07, 6.45) is 0. The summed E-state index contributed by atoms with van der Waals surface area (Å²) in [5, 5.41) is 7.19. The van der Waals surface area contributed by atoms with Crippen LogP contribution in [0.5, 0.6) is 5.75 Å². The van der Waals surface area contributed by atoms with Crippen molar-refractivity contribution in [3.05, 3.63) is 89.9 Å². The second-order valence-electron chi connectivity index (χ2n) is 8.86. The summed E-state index contributed by atoms with van der Waals surface area (Å²) in [4.78, 5) is 11.8. The maximum absolute atomic E-state index is 15.1. The first kappa shape index (κ1) is 24.6. The molecule has 190 valence electrons. The van der Waals surface area contributed by atoms with E-state index >= 15 is 8.78 Å². The number of carbonyl (C=O) groups is 1. The number of carbonyl (C=O) groups excluding carboxylic acids is 1. The van der Waals surface area contributed by atoms with Gasteiger partial charge in [-0.2, -0.15) is 5.10 Å². The van der Waals surface area contributed by atoms with E-state index in [9.17, 15) is 9.18 Å². The van der Waals surface area contributed by atoms with Crippen LogP contribution in [0.4, 0.5) is 18.9 Å². The average Bonchev–Trinajstić information content (AvgIpc) is 3.19. The van der Waals surface area contributed by atoms with E-state index in [1.165, 1.54) is 28.9 Å². The Hall–Kier alpha value is -4.11. The second-order valence-corrected chi connectivity index (χ2v) is 8.86. The minimum atomic E-state index is -3.23. The molecule has 0 aliphatic carbocycles. The van der Waals surface area contributed by atoms with Gasteiger partial charge in [-0.3, -0.25) is 9.48 Å². The van der Waals surface area contributed by atoms with E-state index in [1.54, 1.807) is 37.3 Å². The van der Waals surface area contributed by atoms with Crippen molar-refractivity contribution in [1.82, 2.24) is 9.78 Å². The summed E-state index contributed by atoms with van der Waals surface area (Å²) in [6, 6.07) is 19.9.